The summed E-state index contributed by atoms with van der Waals surface area (Å²) in [5, 5.41) is 3.90. The predicted molar refractivity (Wildman–Crippen MR) is 105 cm³/mol. The number of alkyl halides is 4. The number of benzene rings is 1. The summed E-state index contributed by atoms with van der Waals surface area (Å²) in [6.45, 7) is 0.0969. The Bertz CT molecular complexity index is 1100. The number of amides is 1. The van der Waals surface area contributed by atoms with Crippen LogP contribution in [0.4, 0.5) is 17.6 Å². The van der Waals surface area contributed by atoms with Crippen LogP contribution in [0.25, 0.3) is 16.9 Å². The number of rotatable bonds is 4. The van der Waals surface area contributed by atoms with Gasteiger partial charge in [0.05, 0.1) is 19.5 Å². The van der Waals surface area contributed by atoms with Crippen molar-refractivity contribution in [2.45, 2.75) is 19.0 Å². The molecule has 0 radical (unpaired) electrons. The summed E-state index contributed by atoms with van der Waals surface area (Å²) >= 11 is 0. The minimum absolute atomic E-state index is 0.0943. The number of halogens is 4. The molecule has 0 aliphatic carbocycles. The third-order valence-corrected chi connectivity index (χ3v) is 5.35. The van der Waals surface area contributed by atoms with Crippen LogP contribution in [0.2, 0.25) is 0 Å². The first-order valence-corrected chi connectivity index (χ1v) is 9.78. The van der Waals surface area contributed by atoms with Crippen molar-refractivity contribution in [2.24, 2.45) is 5.92 Å². The quantitative estimate of drug-likeness (QED) is 0.574. The topological polar surface area (TPSA) is 59.7 Å². The lowest BCUT2D eigenvalue weighted by molar-refractivity contribution is -0.142. The van der Waals surface area contributed by atoms with E-state index in [9.17, 15) is 22.4 Å². The SMILES string of the molecule is COc1ccc(-c2cc(C(F)(F)F)n3nc(C(=O)N4CCCC(CF)C4)cc3n2)cc1. The Morgan fingerprint density at radius 1 is 1.23 bits per heavy atom. The average Bonchev–Trinajstić information content (AvgIpc) is 3.21. The second kappa shape index (κ2) is 8.16. The van der Waals surface area contributed by atoms with E-state index in [4.69, 9.17) is 4.74 Å². The Hall–Kier alpha value is -3.17. The van der Waals surface area contributed by atoms with E-state index >= 15 is 0 Å². The molecule has 1 atom stereocenters. The minimum Gasteiger partial charge on any atom is -0.497 e. The lowest BCUT2D eigenvalue weighted by atomic mass is 9.99. The van der Waals surface area contributed by atoms with Crippen LogP contribution in [-0.2, 0) is 6.18 Å². The fourth-order valence-corrected chi connectivity index (χ4v) is 3.73. The van der Waals surface area contributed by atoms with Crippen LogP contribution in [0.1, 0.15) is 29.0 Å². The molecule has 1 aliphatic rings. The molecule has 3 heterocycles. The van der Waals surface area contributed by atoms with Gasteiger partial charge in [0.15, 0.2) is 17.0 Å². The molecule has 0 N–H and O–H groups in total. The first kappa shape index (κ1) is 21.1. The zero-order chi connectivity index (χ0) is 22.2. The molecule has 164 valence electrons. The lowest BCUT2D eigenvalue weighted by Crippen LogP contribution is -2.40. The van der Waals surface area contributed by atoms with Crippen LogP contribution in [0, 0.1) is 5.92 Å². The van der Waals surface area contributed by atoms with Crippen molar-refractivity contribution in [1.82, 2.24) is 19.5 Å². The molecule has 1 fully saturated rings. The van der Waals surface area contributed by atoms with Gasteiger partial charge in [-0.3, -0.25) is 9.18 Å². The number of carbonyl (C=O) groups excluding carboxylic acids is 1. The first-order valence-electron chi connectivity index (χ1n) is 9.78. The maximum absolute atomic E-state index is 13.7. The highest BCUT2D eigenvalue weighted by molar-refractivity contribution is 5.93. The van der Waals surface area contributed by atoms with E-state index in [2.05, 4.69) is 10.1 Å². The van der Waals surface area contributed by atoms with Gasteiger partial charge in [-0.1, -0.05) is 0 Å². The maximum Gasteiger partial charge on any atom is 0.433 e. The van der Waals surface area contributed by atoms with Crippen LogP contribution in [0.3, 0.4) is 0 Å². The van der Waals surface area contributed by atoms with Crippen molar-refractivity contribution in [2.75, 3.05) is 26.9 Å². The lowest BCUT2D eigenvalue weighted by Gasteiger charge is -2.30. The van der Waals surface area contributed by atoms with E-state index in [1.165, 1.54) is 18.1 Å². The fraction of sp³-hybridized carbons (Fsp3) is 0.381. The molecule has 1 aliphatic heterocycles. The van der Waals surface area contributed by atoms with Crippen molar-refractivity contribution < 1.29 is 27.1 Å². The summed E-state index contributed by atoms with van der Waals surface area (Å²) in [6, 6.07) is 8.59. The van der Waals surface area contributed by atoms with Crippen LogP contribution in [0.5, 0.6) is 5.75 Å². The van der Waals surface area contributed by atoms with E-state index in [-0.39, 0.29) is 29.5 Å². The molecular weight excluding hydrogens is 416 g/mol. The number of ether oxygens (including phenoxy) is 1. The number of aromatic nitrogens is 3. The van der Waals surface area contributed by atoms with Gasteiger partial charge in [0.1, 0.15) is 5.75 Å². The summed E-state index contributed by atoms with van der Waals surface area (Å²) in [5.41, 5.74) is -0.725. The third kappa shape index (κ3) is 4.19. The number of carbonyl (C=O) groups is 1. The Morgan fingerprint density at radius 2 is 1.97 bits per heavy atom. The van der Waals surface area contributed by atoms with E-state index in [1.54, 1.807) is 24.3 Å². The first-order chi connectivity index (χ1) is 14.8. The molecule has 0 saturated carbocycles. The number of methoxy groups -OCH3 is 1. The highest BCUT2D eigenvalue weighted by Gasteiger charge is 2.36. The number of likely N-dealkylation sites (tertiary alicyclic amines) is 1. The largest absolute Gasteiger partial charge is 0.497 e. The van der Waals surface area contributed by atoms with Gasteiger partial charge >= 0.3 is 6.18 Å². The monoisotopic (exact) mass is 436 g/mol. The van der Waals surface area contributed by atoms with Crippen molar-refractivity contribution >= 4 is 11.6 Å². The van der Waals surface area contributed by atoms with Gasteiger partial charge in [-0.15, -0.1) is 0 Å². The highest BCUT2D eigenvalue weighted by Crippen LogP contribution is 2.33. The van der Waals surface area contributed by atoms with Crippen molar-refractivity contribution in [3.63, 3.8) is 0 Å². The predicted octanol–water partition coefficient (Wildman–Crippen LogP) is 4.25. The second-order valence-electron chi connectivity index (χ2n) is 7.47. The molecule has 1 amide bonds. The number of fused-ring (bicyclic) bond motifs is 1. The summed E-state index contributed by atoms with van der Waals surface area (Å²) in [6.07, 6.45) is -3.39. The average molecular weight is 436 g/mol. The van der Waals surface area contributed by atoms with Gasteiger partial charge in [0.2, 0.25) is 0 Å². The van der Waals surface area contributed by atoms with Crippen LogP contribution in [-0.4, -0.2) is 52.3 Å². The van der Waals surface area contributed by atoms with Gasteiger partial charge < -0.3 is 9.64 Å². The molecular formula is C21H20F4N4O2. The van der Waals surface area contributed by atoms with Gasteiger partial charge in [-0.2, -0.15) is 18.3 Å². The molecule has 10 heteroatoms. The zero-order valence-electron chi connectivity index (χ0n) is 16.7. The molecule has 31 heavy (non-hydrogen) atoms. The third-order valence-electron chi connectivity index (χ3n) is 5.35. The standard InChI is InChI=1S/C21H20F4N4O2/c1-31-15-6-4-14(5-7-15)16-9-18(21(23,24)25)29-19(26-16)10-17(27-29)20(30)28-8-2-3-13(11-22)12-28/h4-7,9-10,13H,2-3,8,11-12H2,1H3. The van der Waals surface area contributed by atoms with Crippen molar-refractivity contribution in [3.05, 3.63) is 47.8 Å². The Kier molecular flexibility index (Phi) is 5.55. The van der Waals surface area contributed by atoms with Crippen LogP contribution >= 0.6 is 0 Å². The molecule has 0 spiro atoms. The van der Waals surface area contributed by atoms with E-state index < -0.39 is 24.5 Å². The van der Waals surface area contributed by atoms with Crippen LogP contribution < -0.4 is 4.74 Å². The van der Waals surface area contributed by atoms with Crippen LogP contribution in [0.15, 0.2) is 36.4 Å². The summed E-state index contributed by atoms with van der Waals surface area (Å²) < 4.78 is 60.0. The summed E-state index contributed by atoms with van der Waals surface area (Å²) in [5.74, 6) is -0.228. The van der Waals surface area contributed by atoms with E-state index in [1.807, 2.05) is 0 Å². The molecule has 2 aromatic heterocycles. The molecule has 3 aromatic rings. The molecule has 0 bridgehead atoms. The zero-order valence-corrected chi connectivity index (χ0v) is 16.7. The van der Waals surface area contributed by atoms with Gasteiger partial charge in [0.25, 0.3) is 5.91 Å². The smallest absolute Gasteiger partial charge is 0.433 e. The summed E-state index contributed by atoms with van der Waals surface area (Å²) in [7, 11) is 1.49. The maximum atomic E-state index is 13.7. The van der Waals surface area contributed by atoms with Gasteiger partial charge in [-0.05, 0) is 43.2 Å². The van der Waals surface area contributed by atoms with Gasteiger partial charge in [-0.25, -0.2) is 9.50 Å². The number of nitrogens with zero attached hydrogens (tertiary/aromatic N) is 4. The Labute approximate surface area is 175 Å². The van der Waals surface area contributed by atoms with Crippen molar-refractivity contribution in [1.29, 1.82) is 0 Å². The molecule has 4 rings (SSSR count). The normalized spacial score (nSPS) is 17.2. The second-order valence-corrected chi connectivity index (χ2v) is 7.47. The minimum atomic E-state index is -4.71. The highest BCUT2D eigenvalue weighted by atomic mass is 19.4. The fourth-order valence-electron chi connectivity index (χ4n) is 3.73. The van der Waals surface area contributed by atoms with E-state index in [0.29, 0.717) is 35.2 Å². The summed E-state index contributed by atoms with van der Waals surface area (Å²) in [4.78, 5) is 18.5. The molecule has 1 unspecified atom stereocenters. The number of hydrogen-bond donors (Lipinski definition) is 0. The van der Waals surface area contributed by atoms with Crippen molar-refractivity contribution in [3.8, 4) is 17.0 Å². The molecule has 6 nitrogen and oxygen atoms in total. The molecule has 1 aromatic carbocycles. The number of hydrogen-bond acceptors (Lipinski definition) is 4. The Balaban J connectivity index is 1.76. The van der Waals surface area contributed by atoms with E-state index in [0.717, 1.165) is 6.07 Å². The van der Waals surface area contributed by atoms with Gasteiger partial charge in [0, 0.05) is 30.6 Å². The Morgan fingerprint density at radius 3 is 2.61 bits per heavy atom. The molecule has 1 saturated heterocycles. The number of piperidine rings is 1.